The van der Waals surface area contributed by atoms with Crippen LogP contribution in [-0.4, -0.2) is 19.1 Å². The van der Waals surface area contributed by atoms with Crippen molar-refractivity contribution in [1.82, 2.24) is 4.98 Å². The van der Waals surface area contributed by atoms with E-state index in [1.807, 2.05) is 6.92 Å². The summed E-state index contributed by atoms with van der Waals surface area (Å²) < 4.78 is 0. The lowest BCUT2D eigenvalue weighted by atomic mass is 9.85. The van der Waals surface area contributed by atoms with E-state index >= 15 is 0 Å². The van der Waals surface area contributed by atoms with E-state index in [0.717, 1.165) is 28.5 Å². The van der Waals surface area contributed by atoms with E-state index < -0.39 is 0 Å². The van der Waals surface area contributed by atoms with Gasteiger partial charge < -0.3 is 10.2 Å². The number of nitrogens with zero attached hydrogens (tertiary/aromatic N) is 2. The normalized spacial score (nSPS) is 11.4. The zero-order chi connectivity index (χ0) is 20.5. The SMILES string of the molecule is Cc1cc(Nc2ccc(C(C)(C)C)cc2-c2ccccc2)c(N(C)C)c(C)n1. The van der Waals surface area contributed by atoms with Gasteiger partial charge in [0.05, 0.1) is 17.1 Å². The Kier molecular flexibility index (Phi) is 5.46. The van der Waals surface area contributed by atoms with Crippen LogP contribution in [0.25, 0.3) is 11.1 Å². The summed E-state index contributed by atoms with van der Waals surface area (Å²) in [6.07, 6.45) is 0. The van der Waals surface area contributed by atoms with E-state index in [1.165, 1.54) is 16.7 Å². The number of pyridine rings is 1. The standard InChI is InChI=1S/C25H31N3/c1-17-15-23(24(28(6)7)18(2)26-17)27-22-14-13-20(25(3,4)5)16-21(22)19-11-9-8-10-12-19/h8-16H,1-7H3,(H,26,27). The number of anilines is 3. The number of hydrogen-bond donors (Lipinski definition) is 1. The van der Waals surface area contributed by atoms with E-state index in [2.05, 4.69) is 112 Å². The zero-order valence-corrected chi connectivity index (χ0v) is 18.1. The molecule has 0 unspecified atom stereocenters. The average Bonchev–Trinajstić information content (AvgIpc) is 2.61. The second kappa shape index (κ2) is 7.67. The van der Waals surface area contributed by atoms with Gasteiger partial charge in [0.25, 0.3) is 0 Å². The summed E-state index contributed by atoms with van der Waals surface area (Å²) in [5.41, 5.74) is 9.19. The summed E-state index contributed by atoms with van der Waals surface area (Å²) in [5, 5.41) is 3.70. The number of nitrogens with one attached hydrogen (secondary N) is 1. The average molecular weight is 374 g/mol. The molecule has 2 aromatic carbocycles. The predicted octanol–water partition coefficient (Wildman–Crippen LogP) is 6.47. The third-order valence-electron chi connectivity index (χ3n) is 4.98. The van der Waals surface area contributed by atoms with Crippen molar-refractivity contribution < 1.29 is 0 Å². The Morgan fingerprint density at radius 3 is 2.14 bits per heavy atom. The molecule has 3 nitrogen and oxygen atoms in total. The van der Waals surface area contributed by atoms with Crippen molar-refractivity contribution in [3.05, 3.63) is 71.5 Å². The number of aryl methyl sites for hydroxylation is 2. The molecule has 0 atom stereocenters. The number of benzene rings is 2. The van der Waals surface area contributed by atoms with E-state index in [-0.39, 0.29) is 5.41 Å². The lowest BCUT2D eigenvalue weighted by Crippen LogP contribution is -2.14. The smallest absolute Gasteiger partial charge is 0.0816 e. The Hall–Kier alpha value is -2.81. The van der Waals surface area contributed by atoms with Crippen LogP contribution in [-0.2, 0) is 5.41 Å². The molecule has 0 spiro atoms. The van der Waals surface area contributed by atoms with Gasteiger partial charge in [0, 0.05) is 31.0 Å². The van der Waals surface area contributed by atoms with Gasteiger partial charge in [-0.05, 0) is 48.6 Å². The summed E-state index contributed by atoms with van der Waals surface area (Å²) in [6.45, 7) is 10.9. The molecule has 0 aliphatic rings. The molecule has 0 bridgehead atoms. The first-order valence-electron chi connectivity index (χ1n) is 9.79. The highest BCUT2D eigenvalue weighted by molar-refractivity contribution is 5.85. The molecule has 3 aromatic rings. The van der Waals surface area contributed by atoms with Gasteiger partial charge in [-0.2, -0.15) is 0 Å². The van der Waals surface area contributed by atoms with Gasteiger partial charge in [0.2, 0.25) is 0 Å². The minimum atomic E-state index is 0.0979. The Balaban J connectivity index is 2.16. The summed E-state index contributed by atoms with van der Waals surface area (Å²) in [6, 6.07) is 19.4. The molecule has 0 saturated heterocycles. The fraction of sp³-hybridized carbons (Fsp3) is 0.320. The largest absolute Gasteiger partial charge is 0.375 e. The molecule has 0 radical (unpaired) electrons. The fourth-order valence-corrected chi connectivity index (χ4v) is 3.60. The quantitative estimate of drug-likeness (QED) is 0.568. The first-order valence-corrected chi connectivity index (χ1v) is 9.79. The molecule has 1 heterocycles. The second-order valence-electron chi connectivity index (χ2n) is 8.64. The minimum absolute atomic E-state index is 0.0979. The van der Waals surface area contributed by atoms with Crippen molar-refractivity contribution in [2.24, 2.45) is 0 Å². The lowest BCUT2D eigenvalue weighted by Gasteiger charge is -2.24. The monoisotopic (exact) mass is 373 g/mol. The highest BCUT2D eigenvalue weighted by Crippen LogP contribution is 2.37. The topological polar surface area (TPSA) is 28.2 Å². The van der Waals surface area contributed by atoms with Crippen molar-refractivity contribution in [3.63, 3.8) is 0 Å². The molecule has 28 heavy (non-hydrogen) atoms. The summed E-state index contributed by atoms with van der Waals surface area (Å²) in [5.74, 6) is 0. The van der Waals surface area contributed by atoms with Crippen molar-refractivity contribution in [2.75, 3.05) is 24.3 Å². The van der Waals surface area contributed by atoms with E-state index in [9.17, 15) is 0 Å². The third kappa shape index (κ3) is 4.19. The molecule has 0 saturated carbocycles. The predicted molar refractivity (Wildman–Crippen MR) is 122 cm³/mol. The number of hydrogen-bond acceptors (Lipinski definition) is 3. The van der Waals surface area contributed by atoms with Gasteiger partial charge in [-0.3, -0.25) is 4.98 Å². The Bertz CT molecular complexity index is 967. The maximum atomic E-state index is 4.64. The van der Waals surface area contributed by atoms with Crippen LogP contribution in [0.15, 0.2) is 54.6 Å². The maximum absolute atomic E-state index is 4.64. The van der Waals surface area contributed by atoms with Gasteiger partial charge in [-0.15, -0.1) is 0 Å². The van der Waals surface area contributed by atoms with Crippen LogP contribution >= 0.6 is 0 Å². The van der Waals surface area contributed by atoms with Crippen LogP contribution in [0.4, 0.5) is 17.1 Å². The van der Waals surface area contributed by atoms with Crippen LogP contribution in [0.3, 0.4) is 0 Å². The Morgan fingerprint density at radius 1 is 0.857 bits per heavy atom. The minimum Gasteiger partial charge on any atom is -0.375 e. The molecular formula is C25H31N3. The molecule has 0 amide bonds. The molecule has 1 aromatic heterocycles. The lowest BCUT2D eigenvalue weighted by molar-refractivity contribution is 0.590. The zero-order valence-electron chi connectivity index (χ0n) is 18.1. The van der Waals surface area contributed by atoms with Crippen LogP contribution in [0.2, 0.25) is 0 Å². The highest BCUT2D eigenvalue weighted by atomic mass is 15.1. The van der Waals surface area contributed by atoms with Gasteiger partial charge >= 0.3 is 0 Å². The first kappa shape index (κ1) is 19.9. The van der Waals surface area contributed by atoms with E-state index in [4.69, 9.17) is 0 Å². The Labute approximate surface area is 169 Å². The fourth-order valence-electron chi connectivity index (χ4n) is 3.60. The van der Waals surface area contributed by atoms with Crippen LogP contribution in [0.1, 0.15) is 37.7 Å². The molecule has 0 fully saturated rings. The first-order chi connectivity index (χ1) is 13.2. The number of aromatic nitrogens is 1. The van der Waals surface area contributed by atoms with E-state index in [0.29, 0.717) is 0 Å². The van der Waals surface area contributed by atoms with Crippen molar-refractivity contribution in [3.8, 4) is 11.1 Å². The van der Waals surface area contributed by atoms with Crippen molar-refractivity contribution in [1.29, 1.82) is 0 Å². The van der Waals surface area contributed by atoms with Gasteiger partial charge in [-0.1, -0.05) is 57.2 Å². The summed E-state index contributed by atoms with van der Waals surface area (Å²) >= 11 is 0. The van der Waals surface area contributed by atoms with Gasteiger partial charge in [0.1, 0.15) is 0 Å². The molecular weight excluding hydrogens is 342 g/mol. The van der Waals surface area contributed by atoms with Crippen molar-refractivity contribution in [2.45, 2.75) is 40.0 Å². The highest BCUT2D eigenvalue weighted by Gasteiger charge is 2.18. The van der Waals surface area contributed by atoms with Crippen LogP contribution in [0, 0.1) is 13.8 Å². The molecule has 0 aliphatic heterocycles. The second-order valence-corrected chi connectivity index (χ2v) is 8.64. The Morgan fingerprint density at radius 2 is 1.54 bits per heavy atom. The molecule has 0 aliphatic carbocycles. The summed E-state index contributed by atoms with van der Waals surface area (Å²) in [4.78, 5) is 6.76. The van der Waals surface area contributed by atoms with E-state index in [1.54, 1.807) is 0 Å². The van der Waals surface area contributed by atoms with Gasteiger partial charge in [-0.25, -0.2) is 0 Å². The summed E-state index contributed by atoms with van der Waals surface area (Å²) in [7, 11) is 4.12. The third-order valence-corrected chi connectivity index (χ3v) is 4.98. The molecule has 146 valence electrons. The van der Waals surface area contributed by atoms with Gasteiger partial charge in [0.15, 0.2) is 0 Å². The van der Waals surface area contributed by atoms with Crippen molar-refractivity contribution >= 4 is 17.1 Å². The molecule has 3 heteroatoms. The molecule has 3 rings (SSSR count). The van der Waals surface area contributed by atoms with Crippen LogP contribution < -0.4 is 10.2 Å². The number of rotatable bonds is 4. The van der Waals surface area contributed by atoms with Crippen LogP contribution in [0.5, 0.6) is 0 Å². The molecule has 1 N–H and O–H groups in total. The maximum Gasteiger partial charge on any atom is 0.0816 e.